The zero-order chi connectivity index (χ0) is 18.5. The summed E-state index contributed by atoms with van der Waals surface area (Å²) >= 11 is 6.07. The van der Waals surface area contributed by atoms with Crippen LogP contribution in [0, 0.1) is 6.92 Å². The quantitative estimate of drug-likeness (QED) is 0.819. The Morgan fingerprint density at radius 1 is 1.27 bits per heavy atom. The molecule has 1 amide bonds. The van der Waals surface area contributed by atoms with Crippen LogP contribution in [0.1, 0.15) is 16.3 Å². The van der Waals surface area contributed by atoms with Gasteiger partial charge in [0.1, 0.15) is 17.3 Å². The van der Waals surface area contributed by atoms with Gasteiger partial charge in [0.15, 0.2) is 0 Å². The molecule has 2 aromatic rings. The van der Waals surface area contributed by atoms with Gasteiger partial charge in [-0.1, -0.05) is 23.7 Å². The maximum Gasteiger partial charge on any atom is 0.272 e. The van der Waals surface area contributed by atoms with Crippen LogP contribution in [0.3, 0.4) is 0 Å². The number of hydrogen-bond acceptors (Lipinski definition) is 5. The first kappa shape index (κ1) is 18.2. The first-order chi connectivity index (χ1) is 12.6. The smallest absolute Gasteiger partial charge is 0.272 e. The minimum absolute atomic E-state index is 0.0668. The topological polar surface area (TPSA) is 61.4 Å². The molecule has 2 heterocycles. The molecule has 1 N–H and O–H groups in total. The van der Waals surface area contributed by atoms with Crippen LogP contribution in [-0.4, -0.2) is 53.5 Å². The highest BCUT2D eigenvalue weighted by Gasteiger charge is 2.24. The second kappa shape index (κ2) is 8.19. The Balaban J connectivity index is 1.66. The molecule has 0 unspecified atom stereocenters. The van der Waals surface area contributed by atoms with E-state index in [4.69, 9.17) is 11.6 Å². The summed E-state index contributed by atoms with van der Waals surface area (Å²) in [4.78, 5) is 25.5. The summed E-state index contributed by atoms with van der Waals surface area (Å²) in [5, 5.41) is 3.83. The number of aryl methyl sites for hydroxylation is 1. The molecule has 1 aliphatic heterocycles. The molecule has 1 aromatic heterocycles. The number of carbonyl (C=O) groups is 1. The average Bonchev–Trinajstić information content (AvgIpc) is 2.65. The molecule has 1 aliphatic rings. The highest BCUT2D eigenvalue weighted by atomic mass is 35.5. The Morgan fingerprint density at radius 2 is 2.04 bits per heavy atom. The fourth-order valence-electron chi connectivity index (χ4n) is 2.95. The third kappa shape index (κ3) is 4.32. The van der Waals surface area contributed by atoms with E-state index >= 15 is 0 Å². The van der Waals surface area contributed by atoms with Crippen molar-refractivity contribution in [1.82, 2.24) is 14.9 Å². The largest absolute Gasteiger partial charge is 0.368 e. The summed E-state index contributed by atoms with van der Waals surface area (Å²) in [5.41, 5.74) is 1.50. The normalized spacial score (nSPS) is 14.2. The zero-order valence-electron chi connectivity index (χ0n) is 14.8. The van der Waals surface area contributed by atoms with Gasteiger partial charge in [-0.2, -0.15) is 0 Å². The van der Waals surface area contributed by atoms with Crippen LogP contribution in [-0.2, 0) is 0 Å². The molecule has 0 bridgehead atoms. The molecule has 136 valence electrons. The van der Waals surface area contributed by atoms with Crippen LogP contribution in [0.4, 0.5) is 11.5 Å². The van der Waals surface area contributed by atoms with Gasteiger partial charge in [0.05, 0.1) is 0 Å². The third-order valence-corrected chi connectivity index (χ3v) is 4.46. The number of aromatic nitrogens is 2. The fraction of sp³-hybridized carbons (Fsp3) is 0.316. The van der Waals surface area contributed by atoms with Crippen molar-refractivity contribution in [2.24, 2.45) is 0 Å². The van der Waals surface area contributed by atoms with Crippen molar-refractivity contribution in [3.8, 4) is 0 Å². The van der Waals surface area contributed by atoms with Crippen LogP contribution >= 0.6 is 11.6 Å². The minimum atomic E-state index is -0.0668. The molecule has 1 saturated heterocycles. The summed E-state index contributed by atoms with van der Waals surface area (Å²) < 4.78 is 0. The first-order valence-corrected chi connectivity index (χ1v) is 8.95. The van der Waals surface area contributed by atoms with Gasteiger partial charge in [0, 0.05) is 49.5 Å². The van der Waals surface area contributed by atoms with Crippen LogP contribution in [0.2, 0.25) is 5.02 Å². The number of rotatable bonds is 5. The zero-order valence-corrected chi connectivity index (χ0v) is 15.5. The summed E-state index contributed by atoms with van der Waals surface area (Å²) in [6.07, 6.45) is 1.74. The molecule has 0 atom stereocenters. The van der Waals surface area contributed by atoms with Gasteiger partial charge in [-0.05, 0) is 25.1 Å². The first-order valence-electron chi connectivity index (χ1n) is 8.57. The van der Waals surface area contributed by atoms with Crippen molar-refractivity contribution in [2.75, 3.05) is 42.9 Å². The van der Waals surface area contributed by atoms with E-state index in [0.717, 1.165) is 23.8 Å². The highest BCUT2D eigenvalue weighted by Crippen LogP contribution is 2.21. The van der Waals surface area contributed by atoms with Crippen LogP contribution in [0.5, 0.6) is 0 Å². The maximum atomic E-state index is 12.8. The predicted molar refractivity (Wildman–Crippen MR) is 105 cm³/mol. The molecule has 0 aliphatic carbocycles. The summed E-state index contributed by atoms with van der Waals surface area (Å²) in [5.74, 6) is 1.14. The van der Waals surface area contributed by atoms with Crippen molar-refractivity contribution in [3.63, 3.8) is 0 Å². The number of amides is 1. The monoisotopic (exact) mass is 371 g/mol. The van der Waals surface area contributed by atoms with Crippen molar-refractivity contribution >= 4 is 29.0 Å². The van der Waals surface area contributed by atoms with Crippen molar-refractivity contribution < 1.29 is 4.79 Å². The summed E-state index contributed by atoms with van der Waals surface area (Å²) in [7, 11) is 0. The lowest BCUT2D eigenvalue weighted by atomic mass is 10.2. The highest BCUT2D eigenvalue weighted by molar-refractivity contribution is 6.30. The van der Waals surface area contributed by atoms with E-state index < -0.39 is 0 Å². The van der Waals surface area contributed by atoms with Crippen LogP contribution in [0.25, 0.3) is 0 Å². The minimum Gasteiger partial charge on any atom is -0.368 e. The lowest BCUT2D eigenvalue weighted by Crippen LogP contribution is -2.49. The maximum absolute atomic E-state index is 12.8. The lowest BCUT2D eigenvalue weighted by molar-refractivity contribution is 0.0740. The van der Waals surface area contributed by atoms with E-state index in [0.29, 0.717) is 37.0 Å². The van der Waals surface area contributed by atoms with Crippen molar-refractivity contribution in [1.29, 1.82) is 0 Å². The third-order valence-electron chi connectivity index (χ3n) is 4.22. The number of nitrogens with one attached hydrogen (secondary N) is 1. The molecular weight excluding hydrogens is 350 g/mol. The van der Waals surface area contributed by atoms with E-state index in [-0.39, 0.29) is 5.91 Å². The fourth-order valence-corrected chi connectivity index (χ4v) is 3.13. The van der Waals surface area contributed by atoms with Gasteiger partial charge in [0.2, 0.25) is 0 Å². The van der Waals surface area contributed by atoms with Crippen molar-refractivity contribution in [2.45, 2.75) is 6.92 Å². The van der Waals surface area contributed by atoms with Gasteiger partial charge in [0.25, 0.3) is 5.91 Å². The van der Waals surface area contributed by atoms with Crippen LogP contribution in [0.15, 0.2) is 43.0 Å². The molecule has 1 fully saturated rings. The molecule has 3 rings (SSSR count). The number of nitrogens with zero attached hydrogens (tertiary/aromatic N) is 4. The molecule has 0 spiro atoms. The van der Waals surface area contributed by atoms with Gasteiger partial charge in [-0.3, -0.25) is 4.79 Å². The van der Waals surface area contributed by atoms with Gasteiger partial charge in [-0.25, -0.2) is 9.97 Å². The number of hydrogen-bond donors (Lipinski definition) is 1. The second-order valence-corrected chi connectivity index (χ2v) is 6.55. The Kier molecular flexibility index (Phi) is 5.73. The number of piperazine rings is 1. The number of anilines is 2. The standard InChI is InChI=1S/C19H22ClN5O/c1-3-7-21-18-13-17(22-14(2)23-18)19(26)25-10-8-24(9-11-25)16-6-4-5-15(20)12-16/h3-6,12-13H,1,7-11H2,2H3,(H,21,22,23). The Morgan fingerprint density at radius 3 is 2.73 bits per heavy atom. The van der Waals surface area contributed by atoms with Crippen molar-refractivity contribution in [3.05, 3.63) is 59.5 Å². The number of benzene rings is 1. The molecule has 7 heteroatoms. The van der Waals surface area contributed by atoms with Gasteiger partial charge < -0.3 is 15.1 Å². The average molecular weight is 372 g/mol. The number of carbonyl (C=O) groups excluding carboxylic acids is 1. The van der Waals surface area contributed by atoms with E-state index in [1.807, 2.05) is 29.2 Å². The van der Waals surface area contributed by atoms with Gasteiger partial charge in [-0.15, -0.1) is 6.58 Å². The SMILES string of the molecule is C=CCNc1cc(C(=O)N2CCN(c3cccc(Cl)c3)CC2)nc(C)n1. The lowest BCUT2D eigenvalue weighted by Gasteiger charge is -2.36. The molecular formula is C19H22ClN5O. The predicted octanol–water partition coefficient (Wildman–Crippen LogP) is 3.00. The van der Waals surface area contributed by atoms with E-state index in [9.17, 15) is 4.79 Å². The number of halogens is 1. The summed E-state index contributed by atoms with van der Waals surface area (Å²) in [6.45, 7) is 8.85. The molecule has 6 nitrogen and oxygen atoms in total. The van der Waals surface area contributed by atoms with E-state index in [1.54, 1.807) is 19.1 Å². The van der Waals surface area contributed by atoms with Gasteiger partial charge >= 0.3 is 0 Å². The van der Waals surface area contributed by atoms with E-state index in [2.05, 4.69) is 26.8 Å². The Labute approximate surface area is 158 Å². The molecule has 0 radical (unpaired) electrons. The van der Waals surface area contributed by atoms with Crippen LogP contribution < -0.4 is 10.2 Å². The Bertz CT molecular complexity index is 802. The van der Waals surface area contributed by atoms with E-state index in [1.165, 1.54) is 0 Å². The summed E-state index contributed by atoms with van der Waals surface area (Å²) in [6, 6.07) is 9.48. The molecule has 0 saturated carbocycles. The second-order valence-electron chi connectivity index (χ2n) is 6.11. The Hall–Kier alpha value is -2.60. The molecule has 26 heavy (non-hydrogen) atoms. The molecule has 1 aromatic carbocycles.